The van der Waals surface area contributed by atoms with E-state index < -0.39 is 71.8 Å². The van der Waals surface area contributed by atoms with Gasteiger partial charge in [0.1, 0.15) is 5.75 Å². The van der Waals surface area contributed by atoms with Crippen LogP contribution in [0.15, 0.2) is 24.3 Å². The Balaban J connectivity index is 3.51. The molecule has 2 nitrogen and oxygen atoms in total. The lowest BCUT2D eigenvalue weighted by atomic mass is 9.87. The molecule has 0 N–H and O–H groups in total. The highest BCUT2D eigenvalue weighted by molar-refractivity contribution is 5.29. The van der Waals surface area contributed by atoms with Crippen LogP contribution in [-0.2, 0) is 4.74 Å². The second-order valence-corrected chi connectivity index (χ2v) is 8.31. The Morgan fingerprint density at radius 1 is 0.564 bits per heavy atom. The van der Waals surface area contributed by atoms with Crippen LogP contribution in [0.4, 0.5) is 74.6 Å². The lowest BCUT2D eigenvalue weighted by molar-refractivity contribution is -0.462. The summed E-state index contributed by atoms with van der Waals surface area (Å²) in [5.74, 6) is -56.6. The van der Waals surface area contributed by atoms with E-state index in [2.05, 4.69) is 4.74 Å². The number of ether oxygens (including phenoxy) is 2. The van der Waals surface area contributed by atoms with E-state index in [4.69, 9.17) is 4.74 Å². The first-order valence-electron chi connectivity index (χ1n) is 10.1. The van der Waals surface area contributed by atoms with Crippen molar-refractivity contribution < 1.29 is 84.1 Å². The quantitative estimate of drug-likeness (QED) is 0.220. The van der Waals surface area contributed by atoms with E-state index >= 15 is 0 Å². The van der Waals surface area contributed by atoms with Crippen molar-refractivity contribution in [3.63, 3.8) is 0 Å². The fraction of sp³-hybridized carbons (Fsp3) is 0.700. The van der Waals surface area contributed by atoms with Gasteiger partial charge in [0, 0.05) is 13.5 Å². The summed E-state index contributed by atoms with van der Waals surface area (Å²) >= 11 is 0. The second kappa shape index (κ2) is 10.3. The number of hydrogen-bond donors (Lipinski definition) is 0. The standard InChI is InChI=1S/C20H17F17O2/c1-9(2)39-11-6-4-10(5-7-11)12(38-3)8-13(21,22)14(23,24)15(25,26)16(27,28)17(29,30)18(31,32)19(33,34)20(35,36)37/h4-7,9,12H,8H2,1-3H3. The molecule has 1 unspecified atom stereocenters. The Bertz CT molecular complexity index is 967. The summed E-state index contributed by atoms with van der Waals surface area (Å²) < 4.78 is 238. The van der Waals surface area contributed by atoms with Gasteiger partial charge in [-0.2, -0.15) is 74.6 Å². The van der Waals surface area contributed by atoms with Crippen LogP contribution in [0.25, 0.3) is 0 Å². The van der Waals surface area contributed by atoms with E-state index in [0.29, 0.717) is 7.11 Å². The van der Waals surface area contributed by atoms with Crippen molar-refractivity contribution in [3.05, 3.63) is 29.8 Å². The zero-order valence-corrected chi connectivity index (χ0v) is 19.4. The van der Waals surface area contributed by atoms with E-state index in [1.165, 1.54) is 0 Å². The molecule has 0 aromatic heterocycles. The average Bonchev–Trinajstić information content (AvgIpc) is 2.76. The Morgan fingerprint density at radius 2 is 0.923 bits per heavy atom. The molecular weight excluding hydrogens is 595 g/mol. The Labute approximate surface area is 208 Å². The van der Waals surface area contributed by atoms with Crippen molar-refractivity contribution in [2.24, 2.45) is 0 Å². The van der Waals surface area contributed by atoms with Gasteiger partial charge in [0.15, 0.2) is 0 Å². The molecular formula is C20H17F17O2. The van der Waals surface area contributed by atoms with Crippen LogP contribution in [0.5, 0.6) is 5.75 Å². The number of benzene rings is 1. The first kappa shape index (κ1) is 34.8. The van der Waals surface area contributed by atoms with Crippen LogP contribution in [0, 0.1) is 0 Å². The van der Waals surface area contributed by atoms with Gasteiger partial charge < -0.3 is 9.47 Å². The minimum absolute atomic E-state index is 0.0608. The topological polar surface area (TPSA) is 18.5 Å². The summed E-state index contributed by atoms with van der Waals surface area (Å²) in [6.07, 6.45) is -13.3. The average molecular weight is 612 g/mol. The van der Waals surface area contributed by atoms with E-state index in [1.807, 2.05) is 0 Å². The maximum Gasteiger partial charge on any atom is 0.460 e. The summed E-state index contributed by atoms with van der Waals surface area (Å²) in [6, 6.07) is 3.76. The first-order valence-corrected chi connectivity index (χ1v) is 10.1. The highest BCUT2D eigenvalue weighted by Gasteiger charge is 2.95. The fourth-order valence-corrected chi connectivity index (χ4v) is 2.93. The minimum atomic E-state index is -8.66. The molecule has 0 radical (unpaired) electrons. The molecule has 0 saturated carbocycles. The number of methoxy groups -OCH3 is 1. The SMILES string of the molecule is COC(CC(F)(F)C(F)(F)C(F)(F)C(F)(F)C(F)(F)C(F)(F)C(F)(F)C(F)(F)F)c1ccc(OC(C)C)cc1. The molecule has 0 aliphatic carbocycles. The molecule has 0 heterocycles. The molecule has 0 bridgehead atoms. The third kappa shape index (κ3) is 5.55. The predicted octanol–water partition coefficient (Wildman–Crippen LogP) is 8.56. The second-order valence-electron chi connectivity index (χ2n) is 8.31. The van der Waals surface area contributed by atoms with Gasteiger partial charge in [-0.25, -0.2) is 0 Å². The van der Waals surface area contributed by atoms with Crippen molar-refractivity contribution in [1.29, 1.82) is 0 Å². The zero-order valence-electron chi connectivity index (χ0n) is 19.4. The third-order valence-electron chi connectivity index (χ3n) is 5.14. The molecule has 228 valence electrons. The maximum absolute atomic E-state index is 14.3. The zero-order chi connectivity index (χ0) is 31.3. The van der Waals surface area contributed by atoms with Gasteiger partial charge in [-0.3, -0.25) is 0 Å². The van der Waals surface area contributed by atoms with E-state index in [9.17, 15) is 74.6 Å². The summed E-state index contributed by atoms with van der Waals surface area (Å²) in [5, 5.41) is 0. The Kier molecular flexibility index (Phi) is 9.21. The Hall–Kier alpha value is -2.21. The number of rotatable bonds is 12. The van der Waals surface area contributed by atoms with E-state index in [1.54, 1.807) is 13.8 Å². The monoisotopic (exact) mass is 612 g/mol. The van der Waals surface area contributed by atoms with Crippen LogP contribution in [0.3, 0.4) is 0 Å². The summed E-state index contributed by atoms with van der Waals surface area (Å²) in [4.78, 5) is 0. The van der Waals surface area contributed by atoms with Crippen LogP contribution in [0.2, 0.25) is 0 Å². The maximum atomic E-state index is 14.3. The molecule has 1 aromatic rings. The summed E-state index contributed by atoms with van der Waals surface area (Å²) in [5.41, 5.74) is -0.527. The highest BCUT2D eigenvalue weighted by Crippen LogP contribution is 2.64. The lowest BCUT2D eigenvalue weighted by Crippen LogP contribution is -2.74. The third-order valence-corrected chi connectivity index (χ3v) is 5.14. The molecule has 1 aromatic carbocycles. The molecule has 0 aliphatic rings. The van der Waals surface area contributed by atoms with Gasteiger partial charge in [0.2, 0.25) is 0 Å². The van der Waals surface area contributed by atoms with Crippen molar-refractivity contribution in [1.82, 2.24) is 0 Å². The molecule has 0 fully saturated rings. The lowest BCUT2D eigenvalue weighted by Gasteiger charge is -2.43. The summed E-state index contributed by atoms with van der Waals surface area (Å²) in [6.45, 7) is 3.10. The van der Waals surface area contributed by atoms with Crippen LogP contribution < -0.4 is 4.74 Å². The van der Waals surface area contributed by atoms with Crippen LogP contribution in [-0.4, -0.2) is 60.8 Å². The van der Waals surface area contributed by atoms with Crippen molar-refractivity contribution in [2.75, 3.05) is 7.11 Å². The smallest absolute Gasteiger partial charge is 0.460 e. The Morgan fingerprint density at radius 3 is 1.26 bits per heavy atom. The van der Waals surface area contributed by atoms with Gasteiger partial charge in [0.25, 0.3) is 0 Å². The van der Waals surface area contributed by atoms with Crippen molar-refractivity contribution >= 4 is 0 Å². The highest BCUT2D eigenvalue weighted by atomic mass is 19.4. The first-order chi connectivity index (χ1) is 17.1. The molecule has 0 spiro atoms. The van der Waals surface area contributed by atoms with Gasteiger partial charge in [-0.05, 0) is 31.5 Å². The predicted molar refractivity (Wildman–Crippen MR) is 97.3 cm³/mol. The molecule has 1 atom stereocenters. The molecule has 0 saturated heterocycles. The molecule has 1 rings (SSSR count). The van der Waals surface area contributed by atoms with Gasteiger partial charge in [0.05, 0.1) is 12.2 Å². The normalized spacial score (nSPS) is 16.0. The van der Waals surface area contributed by atoms with E-state index in [0.717, 1.165) is 24.3 Å². The largest absolute Gasteiger partial charge is 0.491 e. The van der Waals surface area contributed by atoms with Gasteiger partial charge in [-0.15, -0.1) is 0 Å². The van der Waals surface area contributed by atoms with Crippen LogP contribution >= 0.6 is 0 Å². The number of hydrogen-bond acceptors (Lipinski definition) is 2. The van der Waals surface area contributed by atoms with Crippen molar-refractivity contribution in [3.8, 4) is 5.75 Å². The number of alkyl halides is 17. The van der Waals surface area contributed by atoms with Crippen LogP contribution in [0.1, 0.15) is 31.9 Å². The fourth-order valence-electron chi connectivity index (χ4n) is 2.93. The molecule has 0 amide bonds. The van der Waals surface area contributed by atoms with Crippen molar-refractivity contribution in [2.45, 2.75) is 80.1 Å². The molecule has 0 aliphatic heterocycles. The molecule has 19 heteroatoms. The van der Waals surface area contributed by atoms with Gasteiger partial charge in [-0.1, -0.05) is 12.1 Å². The van der Waals surface area contributed by atoms with Gasteiger partial charge >= 0.3 is 47.6 Å². The molecule has 39 heavy (non-hydrogen) atoms. The summed E-state index contributed by atoms with van der Waals surface area (Å²) in [7, 11) is 0.526. The number of halogens is 17. The van der Waals surface area contributed by atoms with E-state index in [-0.39, 0.29) is 5.75 Å². The minimum Gasteiger partial charge on any atom is -0.491 e.